The first-order valence-corrected chi connectivity index (χ1v) is 7.55. The summed E-state index contributed by atoms with van der Waals surface area (Å²) in [6.45, 7) is 2.07. The molecule has 1 N–H and O–H groups in total. The number of hydrogen-bond donors (Lipinski definition) is 1. The second-order valence-corrected chi connectivity index (χ2v) is 6.02. The van der Waals surface area contributed by atoms with Gasteiger partial charge in [0.2, 0.25) is 10.0 Å². The molecular weight excluding hydrogens is 280 g/mol. The predicted molar refractivity (Wildman–Crippen MR) is 73.1 cm³/mol. The fraction of sp³-hybridized carbons (Fsp3) is 0.308. The molecule has 2 aromatic rings. The first-order chi connectivity index (χ1) is 9.51. The SMILES string of the molecule is COc1ccc(S(=O)(=O)NCCc2cc(C)no2)cc1. The van der Waals surface area contributed by atoms with Gasteiger partial charge in [0.05, 0.1) is 17.7 Å². The summed E-state index contributed by atoms with van der Waals surface area (Å²) in [5.41, 5.74) is 0.776. The molecule has 0 aliphatic carbocycles. The molecule has 0 unspecified atom stereocenters. The van der Waals surface area contributed by atoms with Crippen molar-refractivity contribution in [2.75, 3.05) is 13.7 Å². The van der Waals surface area contributed by atoms with Crippen molar-refractivity contribution in [3.63, 3.8) is 0 Å². The minimum absolute atomic E-state index is 0.201. The van der Waals surface area contributed by atoms with Crippen LogP contribution in [-0.2, 0) is 16.4 Å². The van der Waals surface area contributed by atoms with Crippen LogP contribution in [0.15, 0.2) is 39.8 Å². The molecule has 20 heavy (non-hydrogen) atoms. The Balaban J connectivity index is 1.96. The van der Waals surface area contributed by atoms with Crippen molar-refractivity contribution < 1.29 is 17.7 Å². The minimum atomic E-state index is -3.52. The molecule has 6 nitrogen and oxygen atoms in total. The smallest absolute Gasteiger partial charge is 0.240 e. The number of rotatable bonds is 6. The third kappa shape index (κ3) is 3.58. The second-order valence-electron chi connectivity index (χ2n) is 4.26. The highest BCUT2D eigenvalue weighted by atomic mass is 32.2. The highest BCUT2D eigenvalue weighted by Crippen LogP contribution is 2.15. The van der Waals surface area contributed by atoms with E-state index in [2.05, 4.69) is 9.88 Å². The van der Waals surface area contributed by atoms with Crippen molar-refractivity contribution in [1.82, 2.24) is 9.88 Å². The van der Waals surface area contributed by atoms with Gasteiger partial charge >= 0.3 is 0 Å². The average molecular weight is 296 g/mol. The summed E-state index contributed by atoms with van der Waals surface area (Å²) in [5, 5.41) is 3.74. The van der Waals surface area contributed by atoms with Gasteiger partial charge in [-0.2, -0.15) is 0 Å². The van der Waals surface area contributed by atoms with Gasteiger partial charge in [-0.1, -0.05) is 5.16 Å². The number of sulfonamides is 1. The molecule has 0 atom stereocenters. The fourth-order valence-electron chi connectivity index (χ4n) is 1.68. The number of hydrogen-bond acceptors (Lipinski definition) is 5. The molecular formula is C13H16N2O4S. The number of methoxy groups -OCH3 is 1. The van der Waals surface area contributed by atoms with Gasteiger partial charge < -0.3 is 9.26 Å². The Morgan fingerprint density at radius 1 is 1.30 bits per heavy atom. The molecule has 0 radical (unpaired) electrons. The molecule has 2 rings (SSSR count). The van der Waals surface area contributed by atoms with Gasteiger partial charge in [-0.25, -0.2) is 13.1 Å². The molecule has 0 bridgehead atoms. The maximum Gasteiger partial charge on any atom is 0.240 e. The van der Waals surface area contributed by atoms with Gasteiger partial charge in [0, 0.05) is 19.0 Å². The molecule has 0 amide bonds. The molecule has 0 fully saturated rings. The lowest BCUT2D eigenvalue weighted by Crippen LogP contribution is -2.25. The van der Waals surface area contributed by atoms with Gasteiger partial charge in [0.25, 0.3) is 0 Å². The Hall–Kier alpha value is -1.86. The van der Waals surface area contributed by atoms with E-state index in [1.807, 2.05) is 6.92 Å². The molecule has 1 aromatic heterocycles. The molecule has 0 spiro atoms. The zero-order chi connectivity index (χ0) is 14.6. The highest BCUT2D eigenvalue weighted by Gasteiger charge is 2.13. The molecule has 0 aliphatic rings. The van der Waals surface area contributed by atoms with Gasteiger partial charge in [0.1, 0.15) is 11.5 Å². The number of nitrogens with one attached hydrogen (secondary N) is 1. The van der Waals surface area contributed by atoms with E-state index in [9.17, 15) is 8.42 Å². The predicted octanol–water partition coefficient (Wildman–Crippen LogP) is 1.51. The van der Waals surface area contributed by atoms with Crippen LogP contribution in [0.5, 0.6) is 5.75 Å². The summed E-state index contributed by atoms with van der Waals surface area (Å²) >= 11 is 0. The molecule has 1 aromatic carbocycles. The van der Waals surface area contributed by atoms with Crippen LogP contribution in [-0.4, -0.2) is 27.2 Å². The molecule has 7 heteroatoms. The molecule has 0 aliphatic heterocycles. The van der Waals surface area contributed by atoms with Crippen LogP contribution in [0.25, 0.3) is 0 Å². The second kappa shape index (κ2) is 6.06. The number of ether oxygens (including phenoxy) is 1. The van der Waals surface area contributed by atoms with E-state index in [4.69, 9.17) is 9.26 Å². The molecule has 1 heterocycles. The van der Waals surface area contributed by atoms with Gasteiger partial charge in [-0.3, -0.25) is 0 Å². The Morgan fingerprint density at radius 2 is 2.00 bits per heavy atom. The monoisotopic (exact) mass is 296 g/mol. The lowest BCUT2D eigenvalue weighted by Gasteiger charge is -2.06. The minimum Gasteiger partial charge on any atom is -0.497 e. The summed E-state index contributed by atoms with van der Waals surface area (Å²) in [6.07, 6.45) is 0.455. The topological polar surface area (TPSA) is 81.4 Å². The Kier molecular flexibility index (Phi) is 4.41. The Morgan fingerprint density at radius 3 is 2.55 bits per heavy atom. The third-order valence-corrected chi connectivity index (χ3v) is 4.19. The standard InChI is InChI=1S/C13H16N2O4S/c1-10-9-12(19-15-10)7-8-14-20(16,17)13-5-3-11(18-2)4-6-13/h3-6,9,14H,7-8H2,1-2H3. The highest BCUT2D eigenvalue weighted by molar-refractivity contribution is 7.89. The maximum absolute atomic E-state index is 12.0. The van der Waals surface area contributed by atoms with Crippen LogP contribution in [0.1, 0.15) is 11.5 Å². The number of aryl methyl sites for hydroxylation is 1. The van der Waals surface area contributed by atoms with Crippen molar-refractivity contribution >= 4 is 10.0 Å². The summed E-state index contributed by atoms with van der Waals surface area (Å²) in [7, 11) is -1.99. The van der Waals surface area contributed by atoms with E-state index in [1.165, 1.54) is 19.2 Å². The van der Waals surface area contributed by atoms with E-state index < -0.39 is 10.0 Å². The van der Waals surface area contributed by atoms with Crippen LogP contribution < -0.4 is 9.46 Å². The third-order valence-electron chi connectivity index (χ3n) is 2.71. The largest absolute Gasteiger partial charge is 0.497 e. The fourth-order valence-corrected chi connectivity index (χ4v) is 2.71. The van der Waals surface area contributed by atoms with E-state index in [0.29, 0.717) is 17.9 Å². The van der Waals surface area contributed by atoms with Crippen LogP contribution in [0, 0.1) is 6.92 Å². The molecule has 108 valence electrons. The lowest BCUT2D eigenvalue weighted by atomic mass is 10.3. The molecule has 0 saturated heterocycles. The van der Waals surface area contributed by atoms with E-state index >= 15 is 0 Å². The normalized spacial score (nSPS) is 11.5. The van der Waals surface area contributed by atoms with Crippen molar-refractivity contribution in [2.24, 2.45) is 0 Å². The van der Waals surface area contributed by atoms with E-state index in [1.54, 1.807) is 18.2 Å². The van der Waals surface area contributed by atoms with Gasteiger partial charge in [-0.15, -0.1) is 0 Å². The molecule has 0 saturated carbocycles. The average Bonchev–Trinajstić information content (AvgIpc) is 2.84. The number of nitrogens with zero attached hydrogens (tertiary/aromatic N) is 1. The summed E-state index contributed by atoms with van der Waals surface area (Å²) in [5.74, 6) is 1.26. The van der Waals surface area contributed by atoms with Gasteiger partial charge in [0.15, 0.2) is 0 Å². The van der Waals surface area contributed by atoms with Crippen molar-refractivity contribution in [1.29, 1.82) is 0 Å². The van der Waals surface area contributed by atoms with Gasteiger partial charge in [-0.05, 0) is 31.2 Å². The first kappa shape index (κ1) is 14.5. The zero-order valence-corrected chi connectivity index (χ0v) is 12.1. The number of aromatic nitrogens is 1. The first-order valence-electron chi connectivity index (χ1n) is 6.07. The van der Waals surface area contributed by atoms with Crippen LogP contribution in [0.2, 0.25) is 0 Å². The maximum atomic E-state index is 12.0. The van der Waals surface area contributed by atoms with Crippen molar-refractivity contribution in [3.05, 3.63) is 41.8 Å². The quantitative estimate of drug-likeness (QED) is 0.874. The Bertz CT molecular complexity index is 662. The zero-order valence-electron chi connectivity index (χ0n) is 11.3. The lowest BCUT2D eigenvalue weighted by molar-refractivity contribution is 0.379. The van der Waals surface area contributed by atoms with E-state index in [0.717, 1.165) is 5.69 Å². The van der Waals surface area contributed by atoms with Crippen LogP contribution >= 0.6 is 0 Å². The van der Waals surface area contributed by atoms with Crippen LogP contribution in [0.4, 0.5) is 0 Å². The van der Waals surface area contributed by atoms with Crippen molar-refractivity contribution in [2.45, 2.75) is 18.2 Å². The summed E-state index contributed by atoms with van der Waals surface area (Å²) < 4.78 is 36.6. The van der Waals surface area contributed by atoms with E-state index in [-0.39, 0.29) is 11.4 Å². The van der Waals surface area contributed by atoms with Crippen molar-refractivity contribution in [3.8, 4) is 5.75 Å². The number of benzene rings is 1. The Labute approximate surface area is 117 Å². The summed E-state index contributed by atoms with van der Waals surface area (Å²) in [6, 6.07) is 7.99. The van der Waals surface area contributed by atoms with Crippen LogP contribution in [0.3, 0.4) is 0 Å². The summed E-state index contributed by atoms with van der Waals surface area (Å²) in [4.78, 5) is 0.201.